The monoisotopic (exact) mass is 553 g/mol. The summed E-state index contributed by atoms with van der Waals surface area (Å²) in [5.41, 5.74) is 0.511. The maximum absolute atomic E-state index is 13.4. The van der Waals surface area contributed by atoms with Crippen LogP contribution in [0.25, 0.3) is 0 Å². The highest BCUT2D eigenvalue weighted by atomic mass is 16.2. The third-order valence-electron chi connectivity index (χ3n) is 8.54. The number of Topliss-reactive ketones (excluding diaryl/α,β-unsaturated/α-hetero) is 1. The molecule has 2 saturated carbocycles. The number of rotatable bonds is 11. The van der Waals surface area contributed by atoms with E-state index in [9.17, 15) is 28.8 Å². The van der Waals surface area contributed by atoms with Gasteiger partial charge in [0.25, 0.3) is 5.91 Å². The van der Waals surface area contributed by atoms with Gasteiger partial charge in [-0.1, -0.05) is 57.0 Å². The molecule has 1 aliphatic heterocycles. The maximum atomic E-state index is 13.4. The van der Waals surface area contributed by atoms with E-state index in [0.717, 1.165) is 12.8 Å². The Kier molecular flexibility index (Phi) is 8.32. The van der Waals surface area contributed by atoms with Gasteiger partial charge in [0.15, 0.2) is 0 Å². The van der Waals surface area contributed by atoms with Crippen LogP contribution in [0.3, 0.4) is 0 Å². The van der Waals surface area contributed by atoms with E-state index < -0.39 is 48.2 Å². The van der Waals surface area contributed by atoms with Gasteiger partial charge in [0.2, 0.25) is 29.4 Å². The molecule has 0 aromatic heterocycles. The van der Waals surface area contributed by atoms with Gasteiger partial charge in [0.1, 0.15) is 12.1 Å². The van der Waals surface area contributed by atoms with Crippen LogP contribution in [0.2, 0.25) is 0 Å². The fourth-order valence-electron chi connectivity index (χ4n) is 5.90. The predicted octanol–water partition coefficient (Wildman–Crippen LogP) is 0.405. The number of nitrogens with one attached hydrogen (secondary N) is 3. The van der Waals surface area contributed by atoms with E-state index in [2.05, 4.69) is 29.8 Å². The van der Waals surface area contributed by atoms with Crippen molar-refractivity contribution in [3.05, 3.63) is 35.9 Å². The highest BCUT2D eigenvalue weighted by Crippen LogP contribution is 2.64. The number of hydrogen-bond donors (Lipinski definition) is 3. The lowest BCUT2D eigenvalue weighted by atomic mass is 9.99. The summed E-state index contributed by atoms with van der Waals surface area (Å²) >= 11 is 0. The Hall–Kier alpha value is -3.76. The molecule has 5 unspecified atom stereocenters. The Morgan fingerprint density at radius 3 is 2.25 bits per heavy atom. The van der Waals surface area contributed by atoms with Crippen molar-refractivity contribution in [1.29, 1.82) is 0 Å². The number of piperidine rings is 1. The van der Waals surface area contributed by atoms with Crippen LogP contribution < -0.4 is 16.0 Å². The molecule has 4 rings (SSSR count). The molecule has 0 bridgehead atoms. The van der Waals surface area contributed by atoms with Gasteiger partial charge in [-0.15, -0.1) is 0 Å². The van der Waals surface area contributed by atoms with Gasteiger partial charge in [-0.2, -0.15) is 0 Å². The smallest absolute Gasteiger partial charge is 0.290 e. The van der Waals surface area contributed by atoms with Crippen molar-refractivity contribution in [3.8, 4) is 0 Å². The summed E-state index contributed by atoms with van der Waals surface area (Å²) in [4.78, 5) is 79.8. The maximum Gasteiger partial charge on any atom is 0.290 e. The zero-order valence-corrected chi connectivity index (χ0v) is 23.7. The topological polar surface area (TPSA) is 145 Å². The number of fused-ring (bicyclic) bond motifs is 1. The molecule has 11 nitrogen and oxygen atoms in total. The lowest BCUT2D eigenvalue weighted by Gasteiger charge is -2.30. The van der Waals surface area contributed by atoms with Gasteiger partial charge >= 0.3 is 0 Å². The minimum atomic E-state index is -1.05. The SMILES string of the molecule is CC(=O)N1CC2C(C1C(=O)NC(CC1CC1)C(=O)C(=O)NCC(=O)NC(C(=O)N(C)C)c1ccccc1)C2(C)C. The van der Waals surface area contributed by atoms with Crippen molar-refractivity contribution in [2.45, 2.75) is 58.2 Å². The zero-order valence-electron chi connectivity index (χ0n) is 23.7. The molecule has 3 N–H and O–H groups in total. The van der Waals surface area contributed by atoms with Crippen LogP contribution in [0, 0.1) is 23.2 Å². The van der Waals surface area contributed by atoms with Crippen molar-refractivity contribution in [2.24, 2.45) is 23.2 Å². The molecule has 0 spiro atoms. The first-order valence-electron chi connectivity index (χ1n) is 13.8. The molecule has 0 radical (unpaired) electrons. The summed E-state index contributed by atoms with van der Waals surface area (Å²) in [6, 6.07) is 6.03. The molecule has 1 heterocycles. The molecule has 40 heavy (non-hydrogen) atoms. The van der Waals surface area contributed by atoms with Crippen LogP contribution >= 0.6 is 0 Å². The van der Waals surface area contributed by atoms with E-state index in [1.54, 1.807) is 49.3 Å². The molecule has 216 valence electrons. The number of hydrogen-bond acceptors (Lipinski definition) is 6. The third kappa shape index (κ3) is 6.18. The summed E-state index contributed by atoms with van der Waals surface area (Å²) < 4.78 is 0. The van der Waals surface area contributed by atoms with Crippen LogP contribution in [-0.4, -0.2) is 84.4 Å². The minimum Gasteiger partial charge on any atom is -0.347 e. The normalized spacial score (nSPS) is 23.7. The number of amides is 5. The van der Waals surface area contributed by atoms with E-state index in [1.807, 2.05) is 0 Å². The summed E-state index contributed by atoms with van der Waals surface area (Å²) in [6.07, 6.45) is 2.14. The molecular weight excluding hydrogens is 514 g/mol. The molecule has 3 fully saturated rings. The van der Waals surface area contributed by atoms with E-state index in [1.165, 1.54) is 11.8 Å². The third-order valence-corrected chi connectivity index (χ3v) is 8.54. The van der Waals surface area contributed by atoms with Gasteiger partial charge in [-0.05, 0) is 35.2 Å². The average Bonchev–Trinajstić information content (AvgIpc) is 3.76. The van der Waals surface area contributed by atoms with Crippen LogP contribution in [0.5, 0.6) is 0 Å². The van der Waals surface area contributed by atoms with Crippen molar-refractivity contribution in [2.75, 3.05) is 27.2 Å². The molecule has 1 aromatic rings. The molecule has 11 heteroatoms. The molecular formula is C29H39N5O6. The first-order chi connectivity index (χ1) is 18.8. The fourth-order valence-corrected chi connectivity index (χ4v) is 5.90. The summed E-state index contributed by atoms with van der Waals surface area (Å²) in [7, 11) is 3.15. The number of carbonyl (C=O) groups is 6. The number of carbonyl (C=O) groups excluding carboxylic acids is 6. The van der Waals surface area contributed by atoms with Crippen LogP contribution in [0.15, 0.2) is 30.3 Å². The Bertz CT molecular complexity index is 1190. The van der Waals surface area contributed by atoms with Crippen molar-refractivity contribution in [1.82, 2.24) is 25.8 Å². The molecule has 2 aliphatic carbocycles. The molecule has 1 aromatic carbocycles. The largest absolute Gasteiger partial charge is 0.347 e. The van der Waals surface area contributed by atoms with Crippen LogP contribution in [-0.2, 0) is 28.8 Å². The molecule has 5 amide bonds. The second-order valence-electron chi connectivity index (χ2n) is 12.0. The van der Waals surface area contributed by atoms with Crippen molar-refractivity contribution < 1.29 is 28.8 Å². The predicted molar refractivity (Wildman–Crippen MR) is 145 cm³/mol. The summed E-state index contributed by atoms with van der Waals surface area (Å²) in [6.45, 7) is 5.55. The summed E-state index contributed by atoms with van der Waals surface area (Å²) in [5, 5.41) is 7.72. The minimum absolute atomic E-state index is 0.00744. The Morgan fingerprint density at radius 2 is 1.68 bits per heavy atom. The van der Waals surface area contributed by atoms with Gasteiger partial charge in [-0.3, -0.25) is 28.8 Å². The zero-order chi connectivity index (χ0) is 29.4. The van der Waals surface area contributed by atoms with Gasteiger partial charge in [0, 0.05) is 27.6 Å². The number of ketones is 1. The molecule has 1 saturated heterocycles. The fraction of sp³-hybridized carbons (Fsp3) is 0.586. The van der Waals surface area contributed by atoms with Crippen molar-refractivity contribution in [3.63, 3.8) is 0 Å². The van der Waals surface area contributed by atoms with Gasteiger partial charge in [0.05, 0.1) is 12.6 Å². The standard InChI is InChI=1S/C29H39N5O6/c1-16(35)34-15-19-22(29(19,2)3)24(34)26(38)31-20(13-17-11-12-17)25(37)27(39)30-14-21(36)32-23(28(40)33(4)5)18-9-7-6-8-10-18/h6-10,17,19-20,22-24H,11-15H2,1-5H3,(H,30,39)(H,31,38)(H,32,36). The van der Waals surface area contributed by atoms with Crippen molar-refractivity contribution >= 4 is 35.3 Å². The van der Waals surface area contributed by atoms with E-state index in [4.69, 9.17) is 0 Å². The van der Waals surface area contributed by atoms with E-state index >= 15 is 0 Å². The molecule has 3 aliphatic rings. The van der Waals surface area contributed by atoms with E-state index in [0.29, 0.717) is 18.5 Å². The highest BCUT2D eigenvalue weighted by Gasteiger charge is 2.69. The number of benzene rings is 1. The number of likely N-dealkylation sites (tertiary alicyclic amines) is 1. The number of nitrogens with zero attached hydrogens (tertiary/aromatic N) is 2. The quantitative estimate of drug-likeness (QED) is 0.339. The Morgan fingerprint density at radius 1 is 1.02 bits per heavy atom. The van der Waals surface area contributed by atoms with Gasteiger partial charge < -0.3 is 25.8 Å². The van der Waals surface area contributed by atoms with Crippen LogP contribution in [0.4, 0.5) is 0 Å². The Balaban J connectivity index is 1.37. The van der Waals surface area contributed by atoms with Crippen LogP contribution in [0.1, 0.15) is 51.6 Å². The highest BCUT2D eigenvalue weighted by molar-refractivity contribution is 6.38. The van der Waals surface area contributed by atoms with Gasteiger partial charge in [-0.25, -0.2) is 0 Å². The van der Waals surface area contributed by atoms with E-state index in [-0.39, 0.29) is 35.0 Å². The lowest BCUT2D eigenvalue weighted by Crippen LogP contribution is -2.55. The lowest BCUT2D eigenvalue weighted by molar-refractivity contribution is -0.143. The first kappa shape index (κ1) is 29.2. The molecule has 5 atom stereocenters. The number of likely N-dealkylation sites (N-methyl/N-ethyl adjacent to an activating group) is 1. The first-order valence-corrected chi connectivity index (χ1v) is 13.8. The Labute approximate surface area is 234 Å². The average molecular weight is 554 g/mol. The summed E-state index contributed by atoms with van der Waals surface area (Å²) in [5.74, 6) is -2.97. The second-order valence-corrected chi connectivity index (χ2v) is 12.0. The second kappa shape index (κ2) is 11.4.